The van der Waals surface area contributed by atoms with Crippen molar-refractivity contribution in [3.8, 4) is 11.5 Å². The fourth-order valence-electron chi connectivity index (χ4n) is 1.08. The molecule has 17 heavy (non-hydrogen) atoms. The van der Waals surface area contributed by atoms with Crippen molar-refractivity contribution in [3.63, 3.8) is 0 Å². The molecule has 2 N–H and O–H groups in total. The quantitative estimate of drug-likeness (QED) is 0.846. The van der Waals surface area contributed by atoms with Gasteiger partial charge >= 0.3 is 6.36 Å². The number of alkyl halides is 5. The van der Waals surface area contributed by atoms with Gasteiger partial charge in [-0.2, -0.15) is 0 Å². The number of anilines is 1. The van der Waals surface area contributed by atoms with Crippen LogP contribution in [0.4, 0.5) is 27.8 Å². The van der Waals surface area contributed by atoms with E-state index in [1.165, 1.54) is 0 Å². The minimum atomic E-state index is -5.13. The van der Waals surface area contributed by atoms with E-state index >= 15 is 0 Å². The zero-order chi connectivity index (χ0) is 13.2. The van der Waals surface area contributed by atoms with Crippen molar-refractivity contribution < 1.29 is 31.4 Å². The van der Waals surface area contributed by atoms with Gasteiger partial charge in [-0.15, -0.1) is 13.2 Å². The lowest BCUT2D eigenvalue weighted by atomic mass is 10.2. The highest BCUT2D eigenvalue weighted by Crippen LogP contribution is 2.41. The molecule has 1 aromatic rings. The van der Waals surface area contributed by atoms with Crippen molar-refractivity contribution in [1.82, 2.24) is 4.98 Å². The van der Waals surface area contributed by atoms with Gasteiger partial charge in [0.15, 0.2) is 11.5 Å². The van der Waals surface area contributed by atoms with Gasteiger partial charge in [0.25, 0.3) is 6.43 Å². The number of hydrogen-bond acceptors (Lipinski definition) is 4. The van der Waals surface area contributed by atoms with Crippen molar-refractivity contribution >= 4 is 5.82 Å². The molecule has 0 spiro atoms. The number of methoxy groups -OCH3 is 1. The topological polar surface area (TPSA) is 57.4 Å². The van der Waals surface area contributed by atoms with E-state index in [4.69, 9.17) is 5.73 Å². The summed E-state index contributed by atoms with van der Waals surface area (Å²) in [6.07, 6.45) is -7.64. The van der Waals surface area contributed by atoms with Crippen LogP contribution in [0.15, 0.2) is 6.20 Å². The fourth-order valence-corrected chi connectivity index (χ4v) is 1.08. The maximum absolute atomic E-state index is 12.6. The fraction of sp³-hybridized carbons (Fsp3) is 0.375. The predicted octanol–water partition coefficient (Wildman–Crippen LogP) is 2.51. The first kappa shape index (κ1) is 13.3. The molecule has 0 bridgehead atoms. The highest BCUT2D eigenvalue weighted by atomic mass is 19.4. The molecule has 0 saturated heterocycles. The second-order valence-corrected chi connectivity index (χ2v) is 2.80. The molecule has 0 radical (unpaired) electrons. The van der Waals surface area contributed by atoms with Gasteiger partial charge in [0.2, 0.25) is 0 Å². The SMILES string of the molecule is COc1cnc(N)c(C(F)F)c1OC(F)(F)F. The van der Waals surface area contributed by atoms with E-state index in [2.05, 4.69) is 14.5 Å². The molecule has 0 amide bonds. The molecule has 0 aromatic carbocycles. The van der Waals surface area contributed by atoms with Crippen molar-refractivity contribution in [2.24, 2.45) is 0 Å². The Kier molecular flexibility index (Phi) is 3.59. The Bertz CT molecular complexity index is 408. The van der Waals surface area contributed by atoms with E-state index in [0.717, 1.165) is 13.3 Å². The van der Waals surface area contributed by atoms with Crippen molar-refractivity contribution in [1.29, 1.82) is 0 Å². The molecule has 0 unspecified atom stereocenters. The molecule has 0 aliphatic heterocycles. The Balaban J connectivity index is 3.35. The minimum absolute atomic E-state index is 0.577. The van der Waals surface area contributed by atoms with E-state index in [1.54, 1.807) is 0 Å². The zero-order valence-corrected chi connectivity index (χ0v) is 8.39. The van der Waals surface area contributed by atoms with E-state index < -0.39 is 35.7 Å². The van der Waals surface area contributed by atoms with Crippen LogP contribution in [0, 0.1) is 0 Å². The normalized spacial score (nSPS) is 11.7. The predicted molar refractivity (Wildman–Crippen MR) is 46.8 cm³/mol. The van der Waals surface area contributed by atoms with Gasteiger partial charge < -0.3 is 15.2 Å². The lowest BCUT2D eigenvalue weighted by Crippen LogP contribution is -2.19. The maximum Gasteiger partial charge on any atom is 0.573 e. The minimum Gasteiger partial charge on any atom is -0.491 e. The van der Waals surface area contributed by atoms with E-state index in [-0.39, 0.29) is 0 Å². The third kappa shape index (κ3) is 3.08. The third-order valence-electron chi connectivity index (χ3n) is 1.72. The number of halogens is 5. The highest BCUT2D eigenvalue weighted by molar-refractivity contribution is 5.56. The number of rotatable bonds is 3. The van der Waals surface area contributed by atoms with Crippen LogP contribution in [-0.2, 0) is 0 Å². The van der Waals surface area contributed by atoms with Gasteiger partial charge in [0.05, 0.1) is 13.3 Å². The Morgan fingerprint density at radius 1 is 1.35 bits per heavy atom. The van der Waals surface area contributed by atoms with Crippen molar-refractivity contribution in [2.75, 3.05) is 12.8 Å². The first-order chi connectivity index (χ1) is 7.76. The summed E-state index contributed by atoms with van der Waals surface area (Å²) in [5, 5.41) is 0. The summed E-state index contributed by atoms with van der Waals surface area (Å²) in [6, 6.07) is 0. The molecule has 4 nitrogen and oxygen atoms in total. The molecular weight excluding hydrogens is 251 g/mol. The van der Waals surface area contributed by atoms with Gasteiger partial charge in [-0.05, 0) is 0 Å². The summed E-state index contributed by atoms with van der Waals surface area (Å²) >= 11 is 0. The molecule has 1 rings (SSSR count). The van der Waals surface area contributed by atoms with Crippen molar-refractivity contribution in [3.05, 3.63) is 11.8 Å². The number of nitrogens with two attached hydrogens (primary N) is 1. The molecule has 0 atom stereocenters. The molecule has 96 valence electrons. The summed E-state index contributed by atoms with van der Waals surface area (Å²) in [6.45, 7) is 0. The largest absolute Gasteiger partial charge is 0.573 e. The van der Waals surface area contributed by atoms with Crippen LogP contribution >= 0.6 is 0 Å². The van der Waals surface area contributed by atoms with Crippen molar-refractivity contribution in [2.45, 2.75) is 12.8 Å². The summed E-state index contributed by atoms with van der Waals surface area (Å²) in [7, 11) is 0.992. The number of ether oxygens (including phenoxy) is 2. The molecule has 0 fully saturated rings. The number of pyridine rings is 1. The maximum atomic E-state index is 12.6. The summed E-state index contributed by atoms with van der Waals surface area (Å²) < 4.78 is 69.2. The average Bonchev–Trinajstić information content (AvgIpc) is 2.15. The molecule has 0 aliphatic carbocycles. The zero-order valence-electron chi connectivity index (χ0n) is 8.39. The Morgan fingerprint density at radius 3 is 2.35 bits per heavy atom. The molecule has 9 heteroatoms. The van der Waals surface area contributed by atoms with Crippen LogP contribution in [0.25, 0.3) is 0 Å². The summed E-state index contributed by atoms with van der Waals surface area (Å²) in [4.78, 5) is 3.29. The van der Waals surface area contributed by atoms with Crippen LogP contribution in [0.1, 0.15) is 12.0 Å². The molecule has 0 saturated carbocycles. The lowest BCUT2D eigenvalue weighted by Gasteiger charge is -2.16. The molecular formula is C8H7F5N2O2. The number of nitrogen functional groups attached to an aromatic ring is 1. The third-order valence-corrected chi connectivity index (χ3v) is 1.72. The Hall–Kier alpha value is -1.80. The van der Waals surface area contributed by atoms with E-state index in [0.29, 0.717) is 0 Å². The number of nitrogens with zero attached hydrogens (tertiary/aromatic N) is 1. The van der Waals surface area contributed by atoms with Gasteiger partial charge in [-0.25, -0.2) is 13.8 Å². The van der Waals surface area contributed by atoms with Gasteiger partial charge in [-0.3, -0.25) is 0 Å². The smallest absolute Gasteiger partial charge is 0.491 e. The van der Waals surface area contributed by atoms with E-state index in [1.807, 2.05) is 0 Å². The number of hydrogen-bond donors (Lipinski definition) is 1. The van der Waals surface area contributed by atoms with Crippen LogP contribution in [0.5, 0.6) is 11.5 Å². The summed E-state index contributed by atoms with van der Waals surface area (Å²) in [5.41, 5.74) is 3.92. The van der Waals surface area contributed by atoms with Crippen LogP contribution in [-0.4, -0.2) is 18.5 Å². The molecule has 1 heterocycles. The summed E-state index contributed by atoms with van der Waals surface area (Å²) in [5.74, 6) is -2.51. The first-order valence-corrected chi connectivity index (χ1v) is 4.12. The number of aromatic nitrogens is 1. The lowest BCUT2D eigenvalue weighted by molar-refractivity contribution is -0.275. The Labute approximate surface area is 92.1 Å². The van der Waals surface area contributed by atoms with Crippen LogP contribution in [0.3, 0.4) is 0 Å². The molecule has 1 aromatic heterocycles. The van der Waals surface area contributed by atoms with Crippen LogP contribution in [0.2, 0.25) is 0 Å². The van der Waals surface area contributed by atoms with Gasteiger partial charge in [0.1, 0.15) is 11.4 Å². The second kappa shape index (κ2) is 4.60. The van der Waals surface area contributed by atoms with Crippen LogP contribution < -0.4 is 15.2 Å². The van der Waals surface area contributed by atoms with E-state index in [9.17, 15) is 22.0 Å². The monoisotopic (exact) mass is 258 g/mol. The van der Waals surface area contributed by atoms with Gasteiger partial charge in [0, 0.05) is 0 Å². The highest BCUT2D eigenvalue weighted by Gasteiger charge is 2.36. The first-order valence-electron chi connectivity index (χ1n) is 4.12. The second-order valence-electron chi connectivity index (χ2n) is 2.80. The Morgan fingerprint density at radius 2 is 1.94 bits per heavy atom. The average molecular weight is 258 g/mol. The molecule has 0 aliphatic rings. The standard InChI is InChI=1S/C8H7F5N2O2/c1-16-3-2-15-7(14)4(6(9)10)5(3)17-8(11,12)13/h2,6H,1H3,(H2,14,15). The van der Waals surface area contributed by atoms with Gasteiger partial charge in [-0.1, -0.05) is 0 Å².